The zero-order chi connectivity index (χ0) is 12.0. The summed E-state index contributed by atoms with van der Waals surface area (Å²) in [6.45, 7) is 5.27. The van der Waals surface area contributed by atoms with E-state index in [1.807, 2.05) is 11.9 Å². The van der Waals surface area contributed by atoms with E-state index < -0.39 is 0 Å². The van der Waals surface area contributed by atoms with Crippen LogP contribution in [-0.2, 0) is 9.59 Å². The van der Waals surface area contributed by atoms with E-state index in [1.54, 1.807) is 0 Å². The smallest absolute Gasteiger partial charge is 0.237 e. The molecule has 0 radical (unpaired) electrons. The number of thioether (sulfide) groups is 1. The monoisotopic (exact) mass is 244 g/mol. The fourth-order valence-corrected chi connectivity index (χ4v) is 2.23. The maximum atomic E-state index is 11.7. The minimum Gasteiger partial charge on any atom is -0.289 e. The van der Waals surface area contributed by atoms with E-state index in [0.717, 1.165) is 25.9 Å². The molecule has 1 unspecified atom stereocenters. The Balaban J connectivity index is 2.24. The number of rotatable bonds is 4. The van der Waals surface area contributed by atoms with E-state index in [4.69, 9.17) is 0 Å². The summed E-state index contributed by atoms with van der Waals surface area (Å²) in [6.07, 6.45) is 3.55. The molecule has 1 amide bonds. The van der Waals surface area contributed by atoms with Gasteiger partial charge in [-0.25, -0.2) is 5.01 Å². The van der Waals surface area contributed by atoms with Crippen molar-refractivity contribution in [1.82, 2.24) is 10.4 Å². The first-order valence-electron chi connectivity index (χ1n) is 5.78. The van der Waals surface area contributed by atoms with Gasteiger partial charge in [0.15, 0.2) is 5.12 Å². The van der Waals surface area contributed by atoms with Crippen molar-refractivity contribution < 1.29 is 9.59 Å². The average Bonchev–Trinajstić information content (AvgIpc) is 2.27. The van der Waals surface area contributed by atoms with Gasteiger partial charge in [-0.1, -0.05) is 25.1 Å². The van der Waals surface area contributed by atoms with Gasteiger partial charge in [0.2, 0.25) is 5.91 Å². The molecule has 1 atom stereocenters. The summed E-state index contributed by atoms with van der Waals surface area (Å²) in [5.41, 5.74) is 2.91. The Morgan fingerprint density at radius 1 is 1.31 bits per heavy atom. The first-order chi connectivity index (χ1) is 7.59. The van der Waals surface area contributed by atoms with Crippen LogP contribution in [0.2, 0.25) is 0 Å². The number of nitrogens with zero attached hydrogens (tertiary/aromatic N) is 1. The van der Waals surface area contributed by atoms with Crippen molar-refractivity contribution in [2.75, 3.05) is 18.8 Å². The van der Waals surface area contributed by atoms with E-state index in [0.29, 0.717) is 5.75 Å². The molecule has 0 aromatic rings. The number of nitrogens with one attached hydrogen (secondary N) is 1. The third-order valence-corrected chi connectivity index (χ3v) is 3.68. The number of carbonyl (C=O) groups excluding carboxylic acids is 2. The maximum absolute atomic E-state index is 11.7. The van der Waals surface area contributed by atoms with E-state index in [9.17, 15) is 9.59 Å². The minimum atomic E-state index is -0.115. The highest BCUT2D eigenvalue weighted by atomic mass is 32.2. The van der Waals surface area contributed by atoms with E-state index in [-0.39, 0.29) is 16.9 Å². The molecule has 1 aliphatic rings. The Hall–Kier alpha value is -0.550. The normalized spacial score (nSPS) is 19.1. The van der Waals surface area contributed by atoms with Crippen LogP contribution >= 0.6 is 11.8 Å². The molecule has 92 valence electrons. The zero-order valence-corrected chi connectivity index (χ0v) is 10.8. The van der Waals surface area contributed by atoms with Crippen LogP contribution in [-0.4, -0.2) is 34.9 Å². The van der Waals surface area contributed by atoms with Crippen molar-refractivity contribution in [2.24, 2.45) is 5.92 Å². The predicted octanol–water partition coefficient (Wildman–Crippen LogP) is 1.42. The summed E-state index contributed by atoms with van der Waals surface area (Å²) >= 11 is 1.21. The van der Waals surface area contributed by atoms with Gasteiger partial charge in [-0.2, -0.15) is 0 Å². The molecule has 16 heavy (non-hydrogen) atoms. The summed E-state index contributed by atoms with van der Waals surface area (Å²) in [4.78, 5) is 22.5. The molecule has 1 heterocycles. The lowest BCUT2D eigenvalue weighted by molar-refractivity contribution is -0.129. The number of hydrogen-bond donors (Lipinski definition) is 1. The molecule has 5 heteroatoms. The quantitative estimate of drug-likeness (QED) is 0.812. The van der Waals surface area contributed by atoms with Crippen LogP contribution in [0.1, 0.15) is 33.1 Å². The molecule has 0 spiro atoms. The Kier molecular flexibility index (Phi) is 5.84. The molecule has 0 aromatic carbocycles. The van der Waals surface area contributed by atoms with Crippen molar-refractivity contribution in [3.05, 3.63) is 0 Å². The van der Waals surface area contributed by atoms with Crippen LogP contribution in [0.25, 0.3) is 0 Å². The fourth-order valence-electron chi connectivity index (χ4n) is 1.59. The van der Waals surface area contributed by atoms with Crippen LogP contribution in [0, 0.1) is 5.92 Å². The number of hydrogen-bond acceptors (Lipinski definition) is 4. The van der Waals surface area contributed by atoms with Gasteiger partial charge < -0.3 is 0 Å². The SMILES string of the molecule is CC(=O)SCC(C)C(=O)NN1CCCCC1. The Labute approximate surface area is 101 Å². The lowest BCUT2D eigenvalue weighted by Crippen LogP contribution is -2.47. The molecule has 1 fully saturated rings. The molecule has 0 saturated carbocycles. The number of hydrazine groups is 1. The van der Waals surface area contributed by atoms with E-state index in [1.165, 1.54) is 25.1 Å². The van der Waals surface area contributed by atoms with Gasteiger partial charge in [0.1, 0.15) is 0 Å². The third-order valence-electron chi connectivity index (χ3n) is 2.61. The van der Waals surface area contributed by atoms with Crippen molar-refractivity contribution in [2.45, 2.75) is 33.1 Å². The molecule has 0 aliphatic carbocycles. The lowest BCUT2D eigenvalue weighted by atomic mass is 10.1. The molecule has 0 aromatic heterocycles. The van der Waals surface area contributed by atoms with Crippen molar-refractivity contribution >= 4 is 22.8 Å². The maximum Gasteiger partial charge on any atom is 0.237 e. The molecule has 1 saturated heterocycles. The Morgan fingerprint density at radius 2 is 1.94 bits per heavy atom. The number of carbonyl (C=O) groups is 2. The van der Waals surface area contributed by atoms with Gasteiger partial charge in [-0.15, -0.1) is 0 Å². The highest BCUT2D eigenvalue weighted by Gasteiger charge is 2.18. The standard InChI is InChI=1S/C11H20N2O2S/c1-9(8-16-10(2)14)11(15)12-13-6-4-3-5-7-13/h9H,3-8H2,1-2H3,(H,12,15). The predicted molar refractivity (Wildman–Crippen MR) is 65.9 cm³/mol. The van der Waals surface area contributed by atoms with Crippen LogP contribution < -0.4 is 5.43 Å². The molecule has 4 nitrogen and oxygen atoms in total. The molecular formula is C11H20N2O2S. The fraction of sp³-hybridized carbons (Fsp3) is 0.818. The summed E-state index contributed by atoms with van der Waals surface area (Å²) in [7, 11) is 0. The summed E-state index contributed by atoms with van der Waals surface area (Å²) in [6, 6.07) is 0. The number of amides is 1. The van der Waals surface area contributed by atoms with Crippen molar-refractivity contribution in [1.29, 1.82) is 0 Å². The van der Waals surface area contributed by atoms with Crippen LogP contribution in [0.3, 0.4) is 0 Å². The van der Waals surface area contributed by atoms with Crippen molar-refractivity contribution in [3.8, 4) is 0 Å². The van der Waals surface area contributed by atoms with Gasteiger partial charge in [-0.05, 0) is 12.8 Å². The van der Waals surface area contributed by atoms with Crippen LogP contribution in [0.4, 0.5) is 0 Å². The average molecular weight is 244 g/mol. The second-order valence-corrected chi connectivity index (χ2v) is 5.42. The van der Waals surface area contributed by atoms with E-state index in [2.05, 4.69) is 5.43 Å². The second kappa shape index (κ2) is 6.91. The Morgan fingerprint density at radius 3 is 2.50 bits per heavy atom. The van der Waals surface area contributed by atoms with Crippen LogP contribution in [0.5, 0.6) is 0 Å². The summed E-state index contributed by atoms with van der Waals surface area (Å²) in [5, 5.41) is 2.05. The molecule has 1 N–H and O–H groups in total. The minimum absolute atomic E-state index is 0.0238. The van der Waals surface area contributed by atoms with Gasteiger partial charge in [0.05, 0.1) is 0 Å². The zero-order valence-electron chi connectivity index (χ0n) is 9.99. The lowest BCUT2D eigenvalue weighted by Gasteiger charge is -2.28. The highest BCUT2D eigenvalue weighted by molar-refractivity contribution is 8.13. The molecular weight excluding hydrogens is 224 g/mol. The van der Waals surface area contributed by atoms with E-state index >= 15 is 0 Å². The summed E-state index contributed by atoms with van der Waals surface area (Å²) < 4.78 is 0. The first kappa shape index (κ1) is 13.5. The van der Waals surface area contributed by atoms with Crippen LogP contribution in [0.15, 0.2) is 0 Å². The summed E-state index contributed by atoms with van der Waals surface area (Å²) in [5.74, 6) is 0.473. The Bertz CT molecular complexity index is 252. The molecule has 1 aliphatic heterocycles. The third kappa shape index (κ3) is 4.99. The molecule has 0 bridgehead atoms. The largest absolute Gasteiger partial charge is 0.289 e. The highest BCUT2D eigenvalue weighted by Crippen LogP contribution is 2.10. The van der Waals surface area contributed by atoms with Gasteiger partial charge >= 0.3 is 0 Å². The molecule has 1 rings (SSSR count). The van der Waals surface area contributed by atoms with Gasteiger partial charge in [0, 0.05) is 31.7 Å². The first-order valence-corrected chi connectivity index (χ1v) is 6.77. The van der Waals surface area contributed by atoms with Crippen molar-refractivity contribution in [3.63, 3.8) is 0 Å². The van der Waals surface area contributed by atoms with Gasteiger partial charge in [0.25, 0.3) is 0 Å². The van der Waals surface area contributed by atoms with Gasteiger partial charge in [-0.3, -0.25) is 15.0 Å². The second-order valence-electron chi connectivity index (χ2n) is 4.23. The number of piperidine rings is 1. The topological polar surface area (TPSA) is 49.4 Å².